The van der Waals surface area contributed by atoms with Crippen LogP contribution in [0.3, 0.4) is 0 Å². The minimum Gasteiger partial charge on any atom is -0.503 e. The van der Waals surface area contributed by atoms with Crippen LogP contribution in [0.5, 0.6) is 23.0 Å². The fourth-order valence-electron chi connectivity index (χ4n) is 3.47. The third-order valence-corrected chi connectivity index (χ3v) is 5.43. The molecule has 0 heterocycles. The zero-order chi connectivity index (χ0) is 22.5. The number of allylic oxidation sites excluding steroid dienone is 2. The summed E-state index contributed by atoms with van der Waals surface area (Å²) in [5, 5.41) is 20.4. The maximum atomic E-state index is 13.1. The Morgan fingerprint density at radius 2 is 1.26 bits per heavy atom. The highest BCUT2D eigenvalue weighted by molar-refractivity contribution is 6.32. The van der Waals surface area contributed by atoms with Crippen LogP contribution in [0.25, 0.3) is 12.2 Å². The largest absolute Gasteiger partial charge is 0.503 e. The summed E-state index contributed by atoms with van der Waals surface area (Å²) in [4.78, 5) is 13.1. The quantitative estimate of drug-likeness (QED) is 0.484. The van der Waals surface area contributed by atoms with E-state index in [0.717, 1.165) is 6.42 Å². The molecule has 1 fully saturated rings. The molecule has 0 atom stereocenters. The molecule has 0 saturated heterocycles. The summed E-state index contributed by atoms with van der Waals surface area (Å²) in [7, 11) is 0. The van der Waals surface area contributed by atoms with E-state index < -0.39 is 0 Å². The molecule has 0 radical (unpaired) electrons. The van der Waals surface area contributed by atoms with E-state index in [9.17, 15) is 15.0 Å². The Morgan fingerprint density at radius 1 is 0.839 bits per heavy atom. The van der Waals surface area contributed by atoms with E-state index in [-0.39, 0.29) is 38.8 Å². The average molecular weight is 463 g/mol. The number of phenols is 2. The van der Waals surface area contributed by atoms with Gasteiger partial charge < -0.3 is 19.7 Å². The summed E-state index contributed by atoms with van der Waals surface area (Å²) in [5.74, 6) is 0.271. The minimum absolute atomic E-state index is 0.0597. The molecule has 7 heteroatoms. The number of phenolic OH excluding ortho intramolecular Hbond substituents is 2. The van der Waals surface area contributed by atoms with Crippen LogP contribution in [-0.4, -0.2) is 29.2 Å². The first-order valence-corrected chi connectivity index (χ1v) is 10.9. The van der Waals surface area contributed by atoms with Gasteiger partial charge in [-0.3, -0.25) is 4.79 Å². The molecule has 0 amide bonds. The van der Waals surface area contributed by atoms with Crippen molar-refractivity contribution in [1.29, 1.82) is 0 Å². The molecule has 2 N–H and O–H groups in total. The second kappa shape index (κ2) is 10.1. The fraction of sp³-hybridized carbons (Fsp3) is 0.292. The molecule has 1 aliphatic rings. The SMILES string of the molecule is CCOc1cc(C=C2CCCC(=Cc3cc(Cl)c(O)c(OCC)c3)C2=O)cc(Cl)c1O. The first kappa shape index (κ1) is 23.0. The van der Waals surface area contributed by atoms with Crippen LogP contribution in [-0.2, 0) is 4.79 Å². The van der Waals surface area contributed by atoms with Crippen molar-refractivity contribution in [1.82, 2.24) is 0 Å². The monoisotopic (exact) mass is 462 g/mol. The van der Waals surface area contributed by atoms with Crippen molar-refractivity contribution < 1.29 is 24.5 Å². The second-order valence-electron chi connectivity index (χ2n) is 7.09. The lowest BCUT2D eigenvalue weighted by atomic mass is 9.87. The number of rotatable bonds is 6. The molecule has 1 saturated carbocycles. The zero-order valence-corrected chi connectivity index (χ0v) is 18.9. The molecule has 0 unspecified atom stereocenters. The van der Waals surface area contributed by atoms with Gasteiger partial charge in [-0.1, -0.05) is 23.2 Å². The Kier molecular flexibility index (Phi) is 7.52. The highest BCUT2D eigenvalue weighted by Crippen LogP contribution is 2.38. The number of carbonyl (C=O) groups is 1. The number of hydrogen-bond acceptors (Lipinski definition) is 5. The number of aromatic hydroxyl groups is 2. The van der Waals surface area contributed by atoms with Crippen LogP contribution in [0.1, 0.15) is 44.2 Å². The number of ketones is 1. The van der Waals surface area contributed by atoms with E-state index in [4.69, 9.17) is 32.7 Å². The van der Waals surface area contributed by atoms with E-state index in [1.165, 1.54) is 0 Å². The third kappa shape index (κ3) is 5.35. The Morgan fingerprint density at radius 3 is 1.65 bits per heavy atom. The molecule has 2 aromatic rings. The summed E-state index contributed by atoms with van der Waals surface area (Å²) < 4.78 is 10.8. The fourth-order valence-corrected chi connectivity index (χ4v) is 3.90. The molecule has 31 heavy (non-hydrogen) atoms. The van der Waals surface area contributed by atoms with Crippen LogP contribution in [0.15, 0.2) is 35.4 Å². The predicted molar refractivity (Wildman–Crippen MR) is 123 cm³/mol. The standard InChI is InChI=1S/C24H24Cl2O5/c1-3-30-20-12-14(10-18(25)23(20)28)8-16-6-5-7-17(22(16)27)9-15-11-19(26)24(29)21(13-15)31-4-2/h8-13,28-29H,3-7H2,1-2H3. The van der Waals surface area contributed by atoms with E-state index in [0.29, 0.717) is 48.3 Å². The molecule has 0 spiro atoms. The van der Waals surface area contributed by atoms with Crippen molar-refractivity contribution in [3.8, 4) is 23.0 Å². The van der Waals surface area contributed by atoms with Gasteiger partial charge in [-0.2, -0.15) is 0 Å². The Balaban J connectivity index is 1.93. The smallest absolute Gasteiger partial charge is 0.185 e. The van der Waals surface area contributed by atoms with Gasteiger partial charge >= 0.3 is 0 Å². The zero-order valence-electron chi connectivity index (χ0n) is 17.4. The van der Waals surface area contributed by atoms with Crippen LogP contribution in [0.2, 0.25) is 10.0 Å². The molecule has 3 rings (SSSR count). The molecule has 1 aliphatic carbocycles. The summed E-state index contributed by atoms with van der Waals surface area (Å²) in [5.41, 5.74) is 2.66. The average Bonchev–Trinajstić information content (AvgIpc) is 2.73. The van der Waals surface area contributed by atoms with Gasteiger partial charge in [0.1, 0.15) is 0 Å². The van der Waals surface area contributed by atoms with Crippen molar-refractivity contribution in [2.24, 2.45) is 0 Å². The Hall–Kier alpha value is -2.63. The van der Waals surface area contributed by atoms with Crippen molar-refractivity contribution in [3.63, 3.8) is 0 Å². The summed E-state index contributed by atoms with van der Waals surface area (Å²) in [6, 6.07) is 6.53. The lowest BCUT2D eigenvalue weighted by molar-refractivity contribution is -0.112. The van der Waals surface area contributed by atoms with E-state index in [1.807, 2.05) is 13.8 Å². The van der Waals surface area contributed by atoms with Crippen molar-refractivity contribution >= 4 is 41.1 Å². The molecule has 2 aromatic carbocycles. The summed E-state index contributed by atoms with van der Waals surface area (Å²) in [6.07, 6.45) is 5.65. The summed E-state index contributed by atoms with van der Waals surface area (Å²) in [6.45, 7) is 4.39. The number of Topliss-reactive ketones (excluding diaryl/α,β-unsaturated/α-hetero) is 1. The highest BCUT2D eigenvalue weighted by Gasteiger charge is 2.21. The van der Waals surface area contributed by atoms with Crippen molar-refractivity contribution in [3.05, 3.63) is 56.6 Å². The van der Waals surface area contributed by atoms with Crippen molar-refractivity contribution in [2.75, 3.05) is 13.2 Å². The van der Waals surface area contributed by atoms with Gasteiger partial charge in [-0.25, -0.2) is 0 Å². The number of ether oxygens (including phenoxy) is 2. The van der Waals surface area contributed by atoms with Gasteiger partial charge in [-0.05, 0) is 80.7 Å². The molecule has 0 aromatic heterocycles. The lowest BCUT2D eigenvalue weighted by Gasteiger charge is -2.17. The maximum absolute atomic E-state index is 13.1. The van der Waals surface area contributed by atoms with E-state index >= 15 is 0 Å². The topological polar surface area (TPSA) is 76.0 Å². The molecular formula is C24H24Cl2O5. The van der Waals surface area contributed by atoms with Crippen LogP contribution >= 0.6 is 23.2 Å². The maximum Gasteiger partial charge on any atom is 0.185 e. The Bertz CT molecular complexity index is 975. The minimum atomic E-state index is -0.115. The number of carbonyl (C=O) groups excluding carboxylic acids is 1. The second-order valence-corrected chi connectivity index (χ2v) is 7.90. The van der Waals surface area contributed by atoms with E-state index in [2.05, 4.69) is 0 Å². The molecule has 164 valence electrons. The van der Waals surface area contributed by atoms with E-state index in [1.54, 1.807) is 36.4 Å². The van der Waals surface area contributed by atoms with Crippen LogP contribution in [0, 0.1) is 0 Å². The van der Waals surface area contributed by atoms with Gasteiger partial charge in [0.15, 0.2) is 28.8 Å². The number of halogens is 2. The van der Waals surface area contributed by atoms with Crippen molar-refractivity contribution in [2.45, 2.75) is 33.1 Å². The van der Waals surface area contributed by atoms with Gasteiger partial charge in [0.2, 0.25) is 0 Å². The van der Waals surface area contributed by atoms with Gasteiger partial charge in [0.05, 0.1) is 23.3 Å². The normalized spacial score (nSPS) is 16.7. The molecular weight excluding hydrogens is 439 g/mol. The van der Waals surface area contributed by atoms with Gasteiger partial charge in [0.25, 0.3) is 0 Å². The molecule has 0 aliphatic heterocycles. The summed E-state index contributed by atoms with van der Waals surface area (Å²) >= 11 is 12.2. The first-order valence-electron chi connectivity index (χ1n) is 10.1. The Labute approximate surface area is 191 Å². The molecule has 0 bridgehead atoms. The first-order chi connectivity index (χ1) is 14.8. The van der Waals surface area contributed by atoms with Crippen LogP contribution < -0.4 is 9.47 Å². The van der Waals surface area contributed by atoms with Crippen LogP contribution in [0.4, 0.5) is 0 Å². The van der Waals surface area contributed by atoms with Gasteiger partial charge in [-0.15, -0.1) is 0 Å². The third-order valence-electron chi connectivity index (χ3n) is 4.86. The predicted octanol–water partition coefficient (Wildman–Crippen LogP) is 6.42. The molecule has 5 nitrogen and oxygen atoms in total. The lowest BCUT2D eigenvalue weighted by Crippen LogP contribution is -2.12. The number of hydrogen-bond donors (Lipinski definition) is 2. The highest BCUT2D eigenvalue weighted by atomic mass is 35.5. The number of benzene rings is 2. The van der Waals surface area contributed by atoms with Gasteiger partial charge in [0, 0.05) is 11.1 Å².